The normalized spacial score (nSPS) is 14.2. The Labute approximate surface area is 79.6 Å². The van der Waals surface area contributed by atoms with Gasteiger partial charge in [0.2, 0.25) is 0 Å². The van der Waals surface area contributed by atoms with E-state index in [1.807, 2.05) is 0 Å². The summed E-state index contributed by atoms with van der Waals surface area (Å²) < 4.78 is 0. The molecule has 0 spiro atoms. The molecule has 1 aromatic rings. The third-order valence-electron chi connectivity index (χ3n) is 1.92. The van der Waals surface area contributed by atoms with Crippen molar-refractivity contribution in [3.63, 3.8) is 0 Å². The molecule has 1 aromatic carbocycles. The van der Waals surface area contributed by atoms with Gasteiger partial charge in [0.15, 0.2) is 0 Å². The summed E-state index contributed by atoms with van der Waals surface area (Å²) in [5.74, 6) is 0. The predicted octanol–water partition coefficient (Wildman–Crippen LogP) is 0.285. The van der Waals surface area contributed by atoms with Crippen LogP contribution < -0.4 is 5.46 Å². The minimum atomic E-state index is -1.13. The van der Waals surface area contributed by atoms with Gasteiger partial charge in [-0.15, -0.1) is 0 Å². The van der Waals surface area contributed by atoms with Crippen molar-refractivity contribution in [1.82, 2.24) is 0 Å². The highest BCUT2D eigenvalue weighted by atomic mass is 16.3. The Bertz CT molecular complexity index is 274. The van der Waals surface area contributed by atoms with E-state index >= 15 is 0 Å². The van der Waals surface area contributed by atoms with Crippen molar-refractivity contribution in [1.29, 1.82) is 0 Å². The van der Waals surface area contributed by atoms with Gasteiger partial charge in [0, 0.05) is 0 Å². The van der Waals surface area contributed by atoms with Crippen LogP contribution in [0.25, 0.3) is 0 Å². The van der Waals surface area contributed by atoms with Crippen molar-refractivity contribution >= 4 is 13.3 Å². The minimum Gasteiger partial charge on any atom is -0.387 e. The summed E-state index contributed by atoms with van der Waals surface area (Å²) in [6, 6.07) is 6.81. The molecule has 0 aliphatic rings. The van der Waals surface area contributed by atoms with E-state index in [0.29, 0.717) is 11.0 Å². The van der Waals surface area contributed by atoms with Gasteiger partial charge < -0.3 is 10.2 Å². The molecule has 2 N–H and O–H groups in total. The molecule has 1 atom stereocenters. The Morgan fingerprint density at radius 1 is 1.23 bits per heavy atom. The molecule has 1 unspecified atom stereocenters. The fourth-order valence-electron chi connectivity index (χ4n) is 1.09. The first kappa shape index (κ1) is 10.3. The summed E-state index contributed by atoms with van der Waals surface area (Å²) in [6.07, 6.45) is -0.881. The number of rotatable bonds is 2. The summed E-state index contributed by atoms with van der Waals surface area (Å²) in [5, 5.41) is 19.2. The van der Waals surface area contributed by atoms with Gasteiger partial charge in [-0.3, -0.25) is 0 Å². The Morgan fingerprint density at radius 3 is 2.08 bits per heavy atom. The maximum absolute atomic E-state index is 9.66. The molecule has 3 heteroatoms. The standard InChI is InChI=1S/C10H13BO2/c1-10(2,13)9(12)7-3-5-8(11)6-4-7/h3-6,9,12-13H,1-2H3. The first-order chi connectivity index (χ1) is 5.91. The lowest BCUT2D eigenvalue weighted by atomic mass is 9.90. The monoisotopic (exact) mass is 176 g/mol. The highest BCUT2D eigenvalue weighted by molar-refractivity contribution is 6.32. The Balaban J connectivity index is 2.90. The SMILES string of the molecule is [B]c1ccc(C(O)C(C)(C)O)cc1. The molecular formula is C10H13BO2. The summed E-state index contributed by atoms with van der Waals surface area (Å²) in [6.45, 7) is 3.13. The van der Waals surface area contributed by atoms with Gasteiger partial charge in [0.1, 0.15) is 14.0 Å². The maximum Gasteiger partial charge on any atom is 0.113 e. The molecule has 2 radical (unpaired) electrons. The number of hydrogen-bond donors (Lipinski definition) is 2. The molecule has 0 heterocycles. The van der Waals surface area contributed by atoms with E-state index in [9.17, 15) is 10.2 Å². The molecule has 0 bridgehead atoms. The Morgan fingerprint density at radius 2 is 1.69 bits per heavy atom. The van der Waals surface area contributed by atoms with E-state index in [2.05, 4.69) is 0 Å². The number of aliphatic hydroxyl groups excluding tert-OH is 1. The molecule has 13 heavy (non-hydrogen) atoms. The summed E-state index contributed by atoms with van der Waals surface area (Å²) in [4.78, 5) is 0. The highest BCUT2D eigenvalue weighted by Gasteiger charge is 2.25. The van der Waals surface area contributed by atoms with Crippen molar-refractivity contribution < 1.29 is 10.2 Å². The topological polar surface area (TPSA) is 40.5 Å². The van der Waals surface area contributed by atoms with Gasteiger partial charge in [0.25, 0.3) is 0 Å². The highest BCUT2D eigenvalue weighted by Crippen LogP contribution is 2.23. The van der Waals surface area contributed by atoms with E-state index in [-0.39, 0.29) is 0 Å². The summed E-state index contributed by atoms with van der Waals surface area (Å²) in [5.41, 5.74) is 0.184. The quantitative estimate of drug-likeness (QED) is 0.635. The fourth-order valence-corrected chi connectivity index (χ4v) is 1.09. The van der Waals surface area contributed by atoms with Crippen LogP contribution in [0.5, 0.6) is 0 Å². The predicted molar refractivity (Wildman–Crippen MR) is 53.1 cm³/mol. The van der Waals surface area contributed by atoms with Crippen molar-refractivity contribution in [3.05, 3.63) is 29.8 Å². The second-order valence-electron chi connectivity index (χ2n) is 3.72. The average molecular weight is 176 g/mol. The minimum absolute atomic E-state index is 0.645. The number of aliphatic hydroxyl groups is 2. The third kappa shape index (κ3) is 2.57. The molecule has 0 saturated carbocycles. The van der Waals surface area contributed by atoms with Crippen molar-refractivity contribution in [3.8, 4) is 0 Å². The van der Waals surface area contributed by atoms with Gasteiger partial charge >= 0.3 is 0 Å². The Hall–Kier alpha value is -0.795. The van der Waals surface area contributed by atoms with Crippen LogP contribution in [0, 0.1) is 0 Å². The Kier molecular flexibility index (Phi) is 2.79. The van der Waals surface area contributed by atoms with Crippen LogP contribution in [0.4, 0.5) is 0 Å². The molecule has 1 rings (SSSR count). The zero-order valence-electron chi connectivity index (χ0n) is 7.86. The largest absolute Gasteiger partial charge is 0.387 e. The van der Waals surface area contributed by atoms with Crippen LogP contribution in [-0.4, -0.2) is 23.7 Å². The van der Waals surface area contributed by atoms with Gasteiger partial charge in [-0.05, 0) is 19.4 Å². The molecule has 68 valence electrons. The lowest BCUT2D eigenvalue weighted by Crippen LogP contribution is -2.28. The third-order valence-corrected chi connectivity index (χ3v) is 1.92. The smallest absolute Gasteiger partial charge is 0.113 e. The number of hydrogen-bond acceptors (Lipinski definition) is 2. The maximum atomic E-state index is 9.66. The average Bonchev–Trinajstić information content (AvgIpc) is 2.03. The summed E-state index contributed by atoms with van der Waals surface area (Å²) >= 11 is 0. The molecule has 0 aromatic heterocycles. The van der Waals surface area contributed by atoms with E-state index in [1.165, 1.54) is 0 Å². The van der Waals surface area contributed by atoms with Gasteiger partial charge in [-0.2, -0.15) is 0 Å². The van der Waals surface area contributed by atoms with Crippen LogP contribution in [0.1, 0.15) is 25.5 Å². The fraction of sp³-hybridized carbons (Fsp3) is 0.400. The van der Waals surface area contributed by atoms with Crippen LogP contribution in [0.3, 0.4) is 0 Å². The second-order valence-corrected chi connectivity index (χ2v) is 3.72. The zero-order valence-corrected chi connectivity index (χ0v) is 7.86. The molecule has 0 saturated heterocycles. The van der Waals surface area contributed by atoms with Crippen LogP contribution in [-0.2, 0) is 0 Å². The van der Waals surface area contributed by atoms with Crippen LogP contribution >= 0.6 is 0 Å². The van der Waals surface area contributed by atoms with Crippen molar-refractivity contribution in [2.45, 2.75) is 25.6 Å². The van der Waals surface area contributed by atoms with Gasteiger partial charge in [-0.1, -0.05) is 29.7 Å². The van der Waals surface area contributed by atoms with Crippen LogP contribution in [0.15, 0.2) is 24.3 Å². The van der Waals surface area contributed by atoms with E-state index < -0.39 is 11.7 Å². The molecule has 0 aliphatic heterocycles. The first-order valence-electron chi connectivity index (χ1n) is 4.17. The summed E-state index contributed by atoms with van der Waals surface area (Å²) in [7, 11) is 5.49. The lowest BCUT2D eigenvalue weighted by molar-refractivity contribution is -0.0496. The van der Waals surface area contributed by atoms with Gasteiger partial charge in [-0.25, -0.2) is 0 Å². The lowest BCUT2D eigenvalue weighted by Gasteiger charge is -2.24. The van der Waals surface area contributed by atoms with Crippen LogP contribution in [0.2, 0.25) is 0 Å². The molecule has 0 amide bonds. The first-order valence-corrected chi connectivity index (χ1v) is 4.17. The van der Waals surface area contributed by atoms with Crippen molar-refractivity contribution in [2.75, 3.05) is 0 Å². The molecule has 2 nitrogen and oxygen atoms in total. The van der Waals surface area contributed by atoms with Gasteiger partial charge in [0.05, 0.1) is 5.60 Å². The van der Waals surface area contributed by atoms with E-state index in [0.717, 1.165) is 0 Å². The van der Waals surface area contributed by atoms with E-state index in [4.69, 9.17) is 7.85 Å². The van der Waals surface area contributed by atoms with E-state index in [1.54, 1.807) is 38.1 Å². The molecule has 0 aliphatic carbocycles. The number of benzene rings is 1. The van der Waals surface area contributed by atoms with Crippen molar-refractivity contribution in [2.24, 2.45) is 0 Å². The molecular weight excluding hydrogens is 163 g/mol. The second kappa shape index (κ2) is 3.52. The molecule has 0 fully saturated rings. The zero-order chi connectivity index (χ0) is 10.1.